The minimum atomic E-state index is -0.567. The molecule has 1 unspecified atom stereocenters. The van der Waals surface area contributed by atoms with Crippen LogP contribution < -0.4 is 15.4 Å². The second-order valence-corrected chi connectivity index (χ2v) is 4.84. The monoisotopic (exact) mass is 278 g/mol. The van der Waals surface area contributed by atoms with Crippen molar-refractivity contribution in [2.45, 2.75) is 33.7 Å². The van der Waals surface area contributed by atoms with Gasteiger partial charge >= 0.3 is 0 Å². The maximum atomic E-state index is 12.3. The van der Waals surface area contributed by atoms with Crippen molar-refractivity contribution >= 4 is 17.5 Å². The van der Waals surface area contributed by atoms with E-state index in [1.54, 1.807) is 12.1 Å². The minimum absolute atomic E-state index is 0.00171. The Balaban J connectivity index is 2.85. The van der Waals surface area contributed by atoms with Crippen molar-refractivity contribution in [2.75, 3.05) is 11.9 Å². The van der Waals surface area contributed by atoms with E-state index in [0.29, 0.717) is 18.0 Å². The summed E-state index contributed by atoms with van der Waals surface area (Å²) in [6.45, 7) is 7.57. The molecular weight excluding hydrogens is 256 g/mol. The predicted octanol–water partition coefficient (Wildman–Crippen LogP) is 2.18. The summed E-state index contributed by atoms with van der Waals surface area (Å²) in [5.41, 5.74) is 0.607. The maximum Gasteiger partial charge on any atom is 0.247 e. The molecule has 0 aromatic heterocycles. The summed E-state index contributed by atoms with van der Waals surface area (Å²) >= 11 is 0. The predicted molar refractivity (Wildman–Crippen MR) is 78.7 cm³/mol. The molecule has 0 aliphatic rings. The van der Waals surface area contributed by atoms with Crippen LogP contribution in [0.5, 0.6) is 5.75 Å². The summed E-state index contributed by atoms with van der Waals surface area (Å²) in [6, 6.07) is 6.66. The van der Waals surface area contributed by atoms with Gasteiger partial charge in [-0.15, -0.1) is 0 Å². The van der Waals surface area contributed by atoms with Crippen LogP contribution in [0.2, 0.25) is 0 Å². The van der Waals surface area contributed by atoms with Crippen LogP contribution in [0.1, 0.15) is 27.7 Å². The second-order valence-electron chi connectivity index (χ2n) is 4.84. The van der Waals surface area contributed by atoms with Gasteiger partial charge in [0.2, 0.25) is 11.8 Å². The third-order valence-corrected chi connectivity index (χ3v) is 2.75. The topological polar surface area (TPSA) is 67.4 Å². The van der Waals surface area contributed by atoms with Crippen LogP contribution in [0.3, 0.4) is 0 Å². The summed E-state index contributed by atoms with van der Waals surface area (Å²) in [4.78, 5) is 23.4. The highest BCUT2D eigenvalue weighted by atomic mass is 16.5. The molecule has 0 spiro atoms. The molecular formula is C15H22N2O3. The summed E-state index contributed by atoms with van der Waals surface area (Å²) in [5, 5.41) is 5.46. The van der Waals surface area contributed by atoms with Crippen molar-refractivity contribution in [1.29, 1.82) is 0 Å². The molecule has 0 heterocycles. The molecule has 1 atom stereocenters. The van der Waals surface area contributed by atoms with Gasteiger partial charge in [0.15, 0.2) is 0 Å². The molecule has 0 saturated heterocycles. The Morgan fingerprint density at radius 1 is 1.25 bits per heavy atom. The highest BCUT2D eigenvalue weighted by molar-refractivity contribution is 5.98. The SMILES string of the molecule is CCOc1ccccc1NC(=O)C(NC(C)=O)C(C)C. The first-order chi connectivity index (χ1) is 9.45. The minimum Gasteiger partial charge on any atom is -0.492 e. The van der Waals surface area contributed by atoms with E-state index in [1.807, 2.05) is 32.9 Å². The molecule has 0 radical (unpaired) electrons. The molecule has 5 heteroatoms. The van der Waals surface area contributed by atoms with Gasteiger partial charge in [-0.3, -0.25) is 9.59 Å². The van der Waals surface area contributed by atoms with E-state index in [-0.39, 0.29) is 17.7 Å². The van der Waals surface area contributed by atoms with E-state index in [4.69, 9.17) is 4.74 Å². The van der Waals surface area contributed by atoms with Gasteiger partial charge in [0.1, 0.15) is 11.8 Å². The fourth-order valence-corrected chi connectivity index (χ4v) is 1.82. The van der Waals surface area contributed by atoms with Gasteiger partial charge < -0.3 is 15.4 Å². The van der Waals surface area contributed by atoms with Crippen LogP contribution >= 0.6 is 0 Å². The molecule has 1 rings (SSSR count). The average molecular weight is 278 g/mol. The molecule has 0 aliphatic carbocycles. The fraction of sp³-hybridized carbons (Fsp3) is 0.467. The smallest absolute Gasteiger partial charge is 0.247 e. The van der Waals surface area contributed by atoms with Crippen LogP contribution in [0.4, 0.5) is 5.69 Å². The van der Waals surface area contributed by atoms with Crippen molar-refractivity contribution in [1.82, 2.24) is 5.32 Å². The Hall–Kier alpha value is -2.04. The highest BCUT2D eigenvalue weighted by Gasteiger charge is 2.23. The molecule has 20 heavy (non-hydrogen) atoms. The van der Waals surface area contributed by atoms with Crippen LogP contribution in [-0.4, -0.2) is 24.5 Å². The summed E-state index contributed by atoms with van der Waals surface area (Å²) in [7, 11) is 0. The van der Waals surface area contributed by atoms with Crippen molar-refractivity contribution in [2.24, 2.45) is 5.92 Å². The zero-order valence-corrected chi connectivity index (χ0v) is 12.4. The average Bonchev–Trinajstić information content (AvgIpc) is 2.38. The number of nitrogens with one attached hydrogen (secondary N) is 2. The first-order valence-electron chi connectivity index (χ1n) is 6.75. The molecule has 2 N–H and O–H groups in total. The van der Waals surface area contributed by atoms with E-state index < -0.39 is 6.04 Å². The van der Waals surface area contributed by atoms with Crippen LogP contribution in [-0.2, 0) is 9.59 Å². The van der Waals surface area contributed by atoms with E-state index in [2.05, 4.69) is 10.6 Å². The lowest BCUT2D eigenvalue weighted by Gasteiger charge is -2.21. The Labute approximate surface area is 119 Å². The number of ether oxygens (including phenoxy) is 1. The summed E-state index contributed by atoms with van der Waals surface area (Å²) in [5.74, 6) is 0.145. The van der Waals surface area contributed by atoms with Crippen LogP contribution in [0.25, 0.3) is 0 Å². The van der Waals surface area contributed by atoms with E-state index >= 15 is 0 Å². The molecule has 110 valence electrons. The molecule has 1 aromatic rings. The number of anilines is 1. The van der Waals surface area contributed by atoms with Gasteiger partial charge in [0.25, 0.3) is 0 Å². The standard InChI is InChI=1S/C15H22N2O3/c1-5-20-13-9-7-6-8-12(13)17-15(19)14(10(2)3)16-11(4)18/h6-10,14H,5H2,1-4H3,(H,16,18)(H,17,19). The lowest BCUT2D eigenvalue weighted by atomic mass is 10.0. The number of benzene rings is 1. The van der Waals surface area contributed by atoms with Crippen molar-refractivity contribution < 1.29 is 14.3 Å². The fourth-order valence-electron chi connectivity index (χ4n) is 1.82. The third-order valence-electron chi connectivity index (χ3n) is 2.75. The number of para-hydroxylation sites is 2. The molecule has 0 bridgehead atoms. The third kappa shape index (κ3) is 4.57. The quantitative estimate of drug-likeness (QED) is 0.838. The largest absolute Gasteiger partial charge is 0.492 e. The van der Waals surface area contributed by atoms with Gasteiger partial charge in [-0.1, -0.05) is 26.0 Å². The Kier molecular flexibility index (Phi) is 6.03. The Morgan fingerprint density at radius 2 is 1.90 bits per heavy atom. The second kappa shape index (κ2) is 7.53. The number of rotatable bonds is 6. The van der Waals surface area contributed by atoms with Crippen molar-refractivity contribution in [3.63, 3.8) is 0 Å². The zero-order chi connectivity index (χ0) is 15.1. The normalized spacial score (nSPS) is 11.8. The molecule has 1 aromatic carbocycles. The molecule has 2 amide bonds. The van der Waals surface area contributed by atoms with Gasteiger partial charge in [0.05, 0.1) is 12.3 Å². The molecule has 5 nitrogen and oxygen atoms in total. The Morgan fingerprint density at radius 3 is 2.45 bits per heavy atom. The van der Waals surface area contributed by atoms with Gasteiger partial charge in [-0.25, -0.2) is 0 Å². The zero-order valence-electron chi connectivity index (χ0n) is 12.4. The van der Waals surface area contributed by atoms with Crippen LogP contribution in [0, 0.1) is 5.92 Å². The molecule has 0 aliphatic heterocycles. The van der Waals surface area contributed by atoms with E-state index in [0.717, 1.165) is 0 Å². The lowest BCUT2D eigenvalue weighted by molar-refractivity contribution is -0.126. The van der Waals surface area contributed by atoms with Gasteiger partial charge in [-0.2, -0.15) is 0 Å². The van der Waals surface area contributed by atoms with E-state index in [1.165, 1.54) is 6.92 Å². The van der Waals surface area contributed by atoms with Crippen LogP contribution in [0.15, 0.2) is 24.3 Å². The molecule has 0 saturated carbocycles. The number of hydrogen-bond donors (Lipinski definition) is 2. The maximum absolute atomic E-state index is 12.3. The van der Waals surface area contributed by atoms with Gasteiger partial charge in [0, 0.05) is 6.92 Å². The van der Waals surface area contributed by atoms with Crippen molar-refractivity contribution in [3.8, 4) is 5.75 Å². The van der Waals surface area contributed by atoms with E-state index in [9.17, 15) is 9.59 Å². The van der Waals surface area contributed by atoms with Gasteiger partial charge in [-0.05, 0) is 25.0 Å². The number of amides is 2. The molecule has 0 fully saturated rings. The summed E-state index contributed by atoms with van der Waals surface area (Å²) < 4.78 is 5.46. The first kappa shape index (κ1) is 16.0. The number of hydrogen-bond acceptors (Lipinski definition) is 3. The Bertz CT molecular complexity index is 472. The first-order valence-corrected chi connectivity index (χ1v) is 6.75. The summed E-state index contributed by atoms with van der Waals surface area (Å²) in [6.07, 6.45) is 0. The number of carbonyl (C=O) groups is 2. The van der Waals surface area contributed by atoms with Crippen molar-refractivity contribution in [3.05, 3.63) is 24.3 Å². The lowest BCUT2D eigenvalue weighted by Crippen LogP contribution is -2.46. The number of carbonyl (C=O) groups excluding carboxylic acids is 2. The highest BCUT2D eigenvalue weighted by Crippen LogP contribution is 2.24.